The van der Waals surface area contributed by atoms with Gasteiger partial charge < -0.3 is 5.11 Å². The highest BCUT2D eigenvalue weighted by molar-refractivity contribution is 8.16. The Morgan fingerprint density at radius 3 is 2.95 bits per heavy atom. The van der Waals surface area contributed by atoms with Crippen molar-refractivity contribution in [1.82, 2.24) is 0 Å². The third-order valence-electron chi connectivity index (χ3n) is 2.55. The van der Waals surface area contributed by atoms with Crippen molar-refractivity contribution in [2.45, 2.75) is 18.2 Å². The lowest BCUT2D eigenvalue weighted by atomic mass is 10.1. The van der Waals surface area contributed by atoms with Crippen molar-refractivity contribution in [3.63, 3.8) is 0 Å². The second-order valence-corrected chi connectivity index (χ2v) is 6.21. The largest absolute Gasteiger partial charge is 0.481 e. The normalized spacial score (nSPS) is 13.6. The van der Waals surface area contributed by atoms with Crippen LogP contribution in [0.1, 0.15) is 23.7 Å². The lowest BCUT2D eigenvalue weighted by Crippen LogP contribution is -2.05. The summed E-state index contributed by atoms with van der Waals surface area (Å²) in [5, 5.41) is 9.52. The van der Waals surface area contributed by atoms with Crippen molar-refractivity contribution < 1.29 is 14.7 Å². The summed E-state index contributed by atoms with van der Waals surface area (Å²) in [5.41, 5.74) is 1.46. The van der Waals surface area contributed by atoms with Crippen LogP contribution in [0.15, 0.2) is 28.1 Å². The van der Waals surface area contributed by atoms with Crippen molar-refractivity contribution in [2.24, 2.45) is 4.99 Å². The minimum absolute atomic E-state index is 0.0219. The summed E-state index contributed by atoms with van der Waals surface area (Å²) in [4.78, 5) is 27.4. The first-order valence-corrected chi connectivity index (χ1v) is 7.73. The Hall–Kier alpha value is -1.27. The molecule has 0 fully saturated rings. The fourth-order valence-electron chi connectivity index (χ4n) is 1.58. The molecular formula is C13H13NO3S2. The van der Waals surface area contributed by atoms with Gasteiger partial charge in [0.15, 0.2) is 5.78 Å². The minimum Gasteiger partial charge on any atom is -0.481 e. The van der Waals surface area contributed by atoms with Gasteiger partial charge in [0.25, 0.3) is 0 Å². The number of carbonyl (C=O) groups excluding carboxylic acids is 1. The molecular weight excluding hydrogens is 282 g/mol. The van der Waals surface area contributed by atoms with Crippen molar-refractivity contribution in [3.8, 4) is 0 Å². The van der Waals surface area contributed by atoms with Crippen LogP contribution >= 0.6 is 23.5 Å². The van der Waals surface area contributed by atoms with Crippen LogP contribution in [-0.4, -0.2) is 33.4 Å². The Balaban J connectivity index is 2.11. The lowest BCUT2D eigenvalue weighted by Gasteiger charge is -2.14. The van der Waals surface area contributed by atoms with Gasteiger partial charge in [0.2, 0.25) is 0 Å². The number of aliphatic imine (C=N–C) groups is 1. The van der Waals surface area contributed by atoms with E-state index in [1.165, 1.54) is 18.7 Å². The molecule has 0 aromatic heterocycles. The summed E-state index contributed by atoms with van der Waals surface area (Å²) in [6, 6.07) is 5.52. The Morgan fingerprint density at radius 1 is 1.47 bits per heavy atom. The second kappa shape index (κ2) is 6.25. The molecule has 1 N–H and O–H groups in total. The van der Waals surface area contributed by atoms with Crippen LogP contribution in [0.4, 0.5) is 5.69 Å². The molecule has 2 rings (SSSR count). The van der Waals surface area contributed by atoms with E-state index in [2.05, 4.69) is 4.99 Å². The van der Waals surface area contributed by atoms with E-state index in [0.29, 0.717) is 11.3 Å². The molecule has 0 amide bonds. The number of benzene rings is 1. The first-order chi connectivity index (χ1) is 9.06. The molecule has 19 heavy (non-hydrogen) atoms. The standard InChI is InChI=1S/C13H13NO3S2/c1-8(15)9-2-3-11-10(6-9)14-12(7-19-11)18-5-4-13(16)17/h2-3,6H,4-5,7H2,1H3,(H,16,17). The van der Waals surface area contributed by atoms with Crippen molar-refractivity contribution in [3.05, 3.63) is 23.8 Å². The van der Waals surface area contributed by atoms with Crippen LogP contribution in [0.2, 0.25) is 0 Å². The fraction of sp³-hybridized carbons (Fsp3) is 0.308. The fourth-order valence-corrected chi connectivity index (χ4v) is 3.53. The maximum Gasteiger partial charge on any atom is 0.304 e. The average molecular weight is 295 g/mol. The monoisotopic (exact) mass is 295 g/mol. The number of Topliss-reactive ketones (excluding diaryl/α,β-unsaturated/α-hetero) is 1. The zero-order chi connectivity index (χ0) is 13.8. The highest BCUT2D eigenvalue weighted by Crippen LogP contribution is 2.36. The van der Waals surface area contributed by atoms with Gasteiger partial charge >= 0.3 is 5.97 Å². The van der Waals surface area contributed by atoms with E-state index in [1.54, 1.807) is 17.8 Å². The molecule has 0 radical (unpaired) electrons. The number of nitrogens with zero attached hydrogens (tertiary/aromatic N) is 1. The van der Waals surface area contributed by atoms with E-state index in [4.69, 9.17) is 5.11 Å². The first kappa shape index (κ1) is 14.1. The quantitative estimate of drug-likeness (QED) is 0.864. The predicted octanol–water partition coefficient (Wildman–Crippen LogP) is 3.23. The van der Waals surface area contributed by atoms with Gasteiger partial charge in [0.05, 0.1) is 17.2 Å². The van der Waals surface area contributed by atoms with Crippen molar-refractivity contribution >= 4 is 46.0 Å². The number of hydrogen-bond donors (Lipinski definition) is 1. The third-order valence-corrected chi connectivity index (χ3v) is 4.78. The predicted molar refractivity (Wildman–Crippen MR) is 79.0 cm³/mol. The maximum absolute atomic E-state index is 11.3. The van der Waals surface area contributed by atoms with Gasteiger partial charge in [-0.3, -0.25) is 9.59 Å². The van der Waals surface area contributed by atoms with Gasteiger partial charge in [-0.25, -0.2) is 4.99 Å². The SMILES string of the molecule is CC(=O)c1ccc2c(c1)N=C(SCCC(=O)O)CS2. The number of carboxylic acids is 1. The third kappa shape index (κ3) is 3.84. The van der Waals surface area contributed by atoms with E-state index in [0.717, 1.165) is 21.4 Å². The van der Waals surface area contributed by atoms with E-state index in [9.17, 15) is 9.59 Å². The molecule has 4 nitrogen and oxygen atoms in total. The van der Waals surface area contributed by atoms with Gasteiger partial charge in [-0.15, -0.1) is 23.5 Å². The molecule has 0 unspecified atom stereocenters. The summed E-state index contributed by atoms with van der Waals surface area (Å²) in [5.74, 6) is 0.511. The zero-order valence-corrected chi connectivity index (χ0v) is 12.0. The van der Waals surface area contributed by atoms with Crippen molar-refractivity contribution in [1.29, 1.82) is 0 Å². The average Bonchev–Trinajstić information content (AvgIpc) is 2.37. The van der Waals surface area contributed by atoms with Crippen LogP contribution in [0, 0.1) is 0 Å². The van der Waals surface area contributed by atoms with Gasteiger partial charge in [-0.2, -0.15) is 0 Å². The molecule has 0 bridgehead atoms. The van der Waals surface area contributed by atoms with Gasteiger partial charge in [0, 0.05) is 22.0 Å². The Morgan fingerprint density at radius 2 is 2.26 bits per heavy atom. The van der Waals surface area contributed by atoms with E-state index in [-0.39, 0.29) is 12.2 Å². The number of carbonyl (C=O) groups is 2. The van der Waals surface area contributed by atoms with Crippen LogP contribution in [0.25, 0.3) is 0 Å². The number of aliphatic carboxylic acids is 1. The maximum atomic E-state index is 11.3. The molecule has 0 spiro atoms. The molecule has 0 saturated heterocycles. The van der Waals surface area contributed by atoms with Crippen LogP contribution < -0.4 is 0 Å². The van der Waals surface area contributed by atoms with E-state index < -0.39 is 5.97 Å². The molecule has 0 aliphatic carbocycles. The molecule has 1 aliphatic rings. The molecule has 1 aliphatic heterocycles. The Kier molecular flexibility index (Phi) is 4.66. The molecule has 0 atom stereocenters. The minimum atomic E-state index is -0.796. The smallest absolute Gasteiger partial charge is 0.304 e. The summed E-state index contributed by atoms with van der Waals surface area (Å²) in [6.45, 7) is 1.53. The number of rotatable bonds is 4. The molecule has 1 aromatic carbocycles. The van der Waals surface area contributed by atoms with Crippen LogP contribution in [-0.2, 0) is 4.79 Å². The summed E-state index contributed by atoms with van der Waals surface area (Å²) in [7, 11) is 0. The number of thioether (sulfide) groups is 2. The lowest BCUT2D eigenvalue weighted by molar-refractivity contribution is -0.136. The molecule has 1 heterocycles. The summed E-state index contributed by atoms with van der Waals surface area (Å²) < 4.78 is 0. The molecule has 0 saturated carbocycles. The molecule has 100 valence electrons. The molecule has 1 aromatic rings. The number of ketones is 1. The molecule has 6 heteroatoms. The van der Waals surface area contributed by atoms with E-state index in [1.807, 2.05) is 12.1 Å². The highest BCUT2D eigenvalue weighted by Gasteiger charge is 2.14. The second-order valence-electron chi connectivity index (χ2n) is 4.03. The van der Waals surface area contributed by atoms with Crippen LogP contribution in [0.3, 0.4) is 0 Å². The first-order valence-electron chi connectivity index (χ1n) is 5.76. The van der Waals surface area contributed by atoms with Crippen molar-refractivity contribution in [2.75, 3.05) is 11.5 Å². The summed E-state index contributed by atoms with van der Waals surface area (Å²) >= 11 is 3.13. The Labute approximate surface area is 119 Å². The van der Waals surface area contributed by atoms with Gasteiger partial charge in [-0.1, -0.05) is 6.07 Å². The highest BCUT2D eigenvalue weighted by atomic mass is 32.2. The Bertz CT molecular complexity index is 555. The number of fused-ring (bicyclic) bond motifs is 1. The van der Waals surface area contributed by atoms with Gasteiger partial charge in [0.1, 0.15) is 0 Å². The number of carboxylic acid groups (broad SMARTS) is 1. The van der Waals surface area contributed by atoms with Gasteiger partial charge in [-0.05, 0) is 19.1 Å². The van der Waals surface area contributed by atoms with Crippen LogP contribution in [0.5, 0.6) is 0 Å². The zero-order valence-electron chi connectivity index (χ0n) is 10.4. The van der Waals surface area contributed by atoms with E-state index >= 15 is 0 Å². The topological polar surface area (TPSA) is 66.7 Å². The summed E-state index contributed by atoms with van der Waals surface area (Å²) in [6.07, 6.45) is 0.134. The number of hydrogen-bond acceptors (Lipinski definition) is 5.